The molecule has 3 unspecified atom stereocenters. The molecule has 0 aromatic heterocycles. The molecule has 2 aliphatic rings. The summed E-state index contributed by atoms with van der Waals surface area (Å²) < 4.78 is 43.5. The monoisotopic (exact) mass is 308 g/mol. The van der Waals surface area contributed by atoms with Crippen LogP contribution in [0.1, 0.15) is 32.1 Å². The number of rotatable bonds is 3. The lowest BCUT2D eigenvalue weighted by atomic mass is 9.94. The lowest BCUT2D eigenvalue weighted by molar-refractivity contribution is -0.188. The molecule has 1 aliphatic heterocycles. The molecule has 4 nitrogen and oxygen atoms in total. The standard InChI is InChI=1S/C14H23F3N2O2/c1-18-13(12(20)21-2)6-5-11(8-13)19-7-3-4-10(9-19)14(15,16)17/h10-11,18H,3-9H2,1-2H3. The van der Waals surface area contributed by atoms with E-state index in [0.29, 0.717) is 25.8 Å². The third kappa shape index (κ3) is 3.34. The Hall–Kier alpha value is -0.820. The lowest BCUT2D eigenvalue weighted by Gasteiger charge is -2.38. The van der Waals surface area contributed by atoms with Gasteiger partial charge in [-0.05, 0) is 45.7 Å². The number of likely N-dealkylation sites (N-methyl/N-ethyl adjacent to an activating group) is 1. The highest BCUT2D eigenvalue weighted by molar-refractivity contribution is 5.81. The van der Waals surface area contributed by atoms with Gasteiger partial charge in [-0.3, -0.25) is 9.69 Å². The van der Waals surface area contributed by atoms with Gasteiger partial charge in [0.15, 0.2) is 0 Å². The molecule has 2 fully saturated rings. The first-order valence-corrected chi connectivity index (χ1v) is 7.40. The SMILES string of the molecule is CNC1(C(=O)OC)CCC(N2CCCC(C(F)(F)F)C2)C1. The van der Waals surface area contributed by atoms with Crippen LogP contribution in [0, 0.1) is 5.92 Å². The number of hydrogen-bond donors (Lipinski definition) is 1. The van der Waals surface area contributed by atoms with Crippen LogP contribution in [0.3, 0.4) is 0 Å². The van der Waals surface area contributed by atoms with E-state index in [9.17, 15) is 18.0 Å². The molecule has 1 saturated carbocycles. The molecule has 0 amide bonds. The van der Waals surface area contributed by atoms with E-state index in [1.54, 1.807) is 7.05 Å². The van der Waals surface area contributed by atoms with E-state index in [1.807, 2.05) is 4.90 Å². The van der Waals surface area contributed by atoms with Crippen LogP contribution < -0.4 is 5.32 Å². The number of alkyl halides is 3. The Morgan fingerprint density at radius 2 is 2.10 bits per heavy atom. The molecule has 3 atom stereocenters. The highest BCUT2D eigenvalue weighted by Gasteiger charge is 2.49. The molecular formula is C14H23F3N2O2. The topological polar surface area (TPSA) is 41.6 Å². The van der Waals surface area contributed by atoms with Crippen molar-refractivity contribution >= 4 is 5.97 Å². The van der Waals surface area contributed by atoms with Gasteiger partial charge in [-0.1, -0.05) is 0 Å². The average molecular weight is 308 g/mol. The average Bonchev–Trinajstić information content (AvgIpc) is 2.91. The largest absolute Gasteiger partial charge is 0.468 e. The first-order valence-electron chi connectivity index (χ1n) is 7.40. The number of esters is 1. The Kier molecular flexibility index (Phi) is 4.82. The molecule has 1 aliphatic carbocycles. The summed E-state index contributed by atoms with van der Waals surface area (Å²) in [6, 6.07) is 0.0155. The summed E-state index contributed by atoms with van der Waals surface area (Å²) in [5.74, 6) is -1.56. The minimum atomic E-state index is -4.13. The summed E-state index contributed by atoms with van der Waals surface area (Å²) in [5.41, 5.74) is -0.745. The molecule has 1 N–H and O–H groups in total. The minimum absolute atomic E-state index is 0.0155. The van der Waals surface area contributed by atoms with Crippen molar-refractivity contribution in [2.45, 2.75) is 49.9 Å². The van der Waals surface area contributed by atoms with Crippen LogP contribution in [0.5, 0.6) is 0 Å². The zero-order valence-corrected chi connectivity index (χ0v) is 12.5. The van der Waals surface area contributed by atoms with E-state index in [0.717, 1.165) is 6.42 Å². The Morgan fingerprint density at radius 1 is 1.38 bits per heavy atom. The van der Waals surface area contributed by atoms with Crippen molar-refractivity contribution in [3.63, 3.8) is 0 Å². The van der Waals surface area contributed by atoms with E-state index in [-0.39, 0.29) is 25.0 Å². The van der Waals surface area contributed by atoms with Gasteiger partial charge in [-0.15, -0.1) is 0 Å². The smallest absolute Gasteiger partial charge is 0.393 e. The van der Waals surface area contributed by atoms with Crippen LogP contribution in [-0.2, 0) is 9.53 Å². The van der Waals surface area contributed by atoms with E-state index < -0.39 is 17.6 Å². The number of carbonyl (C=O) groups excluding carboxylic acids is 1. The maximum absolute atomic E-state index is 12.9. The number of hydrogen-bond acceptors (Lipinski definition) is 4. The molecule has 21 heavy (non-hydrogen) atoms. The molecule has 7 heteroatoms. The van der Waals surface area contributed by atoms with Gasteiger partial charge in [0.2, 0.25) is 0 Å². The zero-order valence-electron chi connectivity index (χ0n) is 12.5. The summed E-state index contributed by atoms with van der Waals surface area (Å²) in [6.45, 7) is 0.730. The van der Waals surface area contributed by atoms with Crippen LogP contribution in [0.4, 0.5) is 13.2 Å². The van der Waals surface area contributed by atoms with Crippen molar-refractivity contribution in [1.82, 2.24) is 10.2 Å². The third-order valence-electron chi connectivity index (χ3n) is 4.98. The summed E-state index contributed by atoms with van der Waals surface area (Å²) in [6.07, 6.45) is -1.51. The molecule has 0 spiro atoms. The van der Waals surface area contributed by atoms with Crippen LogP contribution in [0.25, 0.3) is 0 Å². The summed E-state index contributed by atoms with van der Waals surface area (Å²) in [4.78, 5) is 13.8. The summed E-state index contributed by atoms with van der Waals surface area (Å²) in [5, 5.41) is 3.02. The summed E-state index contributed by atoms with van der Waals surface area (Å²) >= 11 is 0. The Labute approximate surface area is 123 Å². The quantitative estimate of drug-likeness (QED) is 0.809. The van der Waals surface area contributed by atoms with Crippen LogP contribution in [-0.4, -0.2) is 55.9 Å². The number of nitrogens with zero attached hydrogens (tertiary/aromatic N) is 1. The minimum Gasteiger partial charge on any atom is -0.468 e. The van der Waals surface area contributed by atoms with Gasteiger partial charge in [0.05, 0.1) is 13.0 Å². The number of likely N-dealkylation sites (tertiary alicyclic amines) is 1. The number of nitrogens with one attached hydrogen (secondary N) is 1. The lowest BCUT2D eigenvalue weighted by Crippen LogP contribution is -2.51. The van der Waals surface area contributed by atoms with Gasteiger partial charge < -0.3 is 10.1 Å². The van der Waals surface area contributed by atoms with Gasteiger partial charge in [0.1, 0.15) is 5.54 Å². The fourth-order valence-corrected chi connectivity index (χ4v) is 3.65. The van der Waals surface area contributed by atoms with Gasteiger partial charge in [0.25, 0.3) is 0 Å². The Balaban J connectivity index is 2.02. The van der Waals surface area contributed by atoms with Crippen LogP contribution in [0.2, 0.25) is 0 Å². The molecule has 1 heterocycles. The Bertz CT molecular complexity index is 389. The van der Waals surface area contributed by atoms with Crippen LogP contribution in [0.15, 0.2) is 0 Å². The molecule has 0 aromatic carbocycles. The van der Waals surface area contributed by atoms with Crippen molar-refractivity contribution in [3.8, 4) is 0 Å². The van der Waals surface area contributed by atoms with E-state index in [4.69, 9.17) is 4.74 Å². The van der Waals surface area contributed by atoms with Gasteiger partial charge in [0, 0.05) is 12.6 Å². The highest BCUT2D eigenvalue weighted by Crippen LogP contribution is 2.38. The molecule has 122 valence electrons. The number of carbonyl (C=O) groups is 1. The van der Waals surface area contributed by atoms with Gasteiger partial charge >= 0.3 is 12.1 Å². The molecular weight excluding hydrogens is 285 g/mol. The van der Waals surface area contributed by atoms with Crippen molar-refractivity contribution < 1.29 is 22.7 Å². The maximum atomic E-state index is 12.9. The fourth-order valence-electron chi connectivity index (χ4n) is 3.65. The molecule has 1 saturated heterocycles. The number of halogens is 3. The fraction of sp³-hybridized carbons (Fsp3) is 0.929. The highest BCUT2D eigenvalue weighted by atomic mass is 19.4. The number of ether oxygens (including phenoxy) is 1. The zero-order chi connectivity index (χ0) is 15.7. The second-order valence-electron chi connectivity index (χ2n) is 6.10. The molecule has 0 radical (unpaired) electrons. The number of piperidine rings is 1. The molecule has 0 aromatic rings. The predicted molar refractivity (Wildman–Crippen MR) is 71.8 cm³/mol. The predicted octanol–water partition coefficient (Wildman–Crippen LogP) is 1.94. The van der Waals surface area contributed by atoms with Gasteiger partial charge in [-0.25, -0.2) is 0 Å². The molecule has 0 bridgehead atoms. The first kappa shape index (κ1) is 16.5. The van der Waals surface area contributed by atoms with Crippen molar-refractivity contribution in [3.05, 3.63) is 0 Å². The van der Waals surface area contributed by atoms with E-state index in [2.05, 4.69) is 5.32 Å². The van der Waals surface area contributed by atoms with Crippen molar-refractivity contribution in [2.75, 3.05) is 27.2 Å². The summed E-state index contributed by atoms with van der Waals surface area (Å²) in [7, 11) is 3.04. The normalized spacial score (nSPS) is 34.9. The Morgan fingerprint density at radius 3 is 2.67 bits per heavy atom. The number of methoxy groups -OCH3 is 1. The molecule has 2 rings (SSSR count). The second kappa shape index (κ2) is 6.12. The second-order valence-corrected chi connectivity index (χ2v) is 6.10. The van der Waals surface area contributed by atoms with Crippen LogP contribution >= 0.6 is 0 Å². The first-order chi connectivity index (χ1) is 9.82. The maximum Gasteiger partial charge on any atom is 0.393 e. The van der Waals surface area contributed by atoms with Crippen molar-refractivity contribution in [2.24, 2.45) is 5.92 Å². The third-order valence-corrected chi connectivity index (χ3v) is 4.98. The van der Waals surface area contributed by atoms with E-state index in [1.165, 1.54) is 7.11 Å². The van der Waals surface area contributed by atoms with Gasteiger partial charge in [-0.2, -0.15) is 13.2 Å². The van der Waals surface area contributed by atoms with E-state index >= 15 is 0 Å². The van der Waals surface area contributed by atoms with Crippen molar-refractivity contribution in [1.29, 1.82) is 0 Å².